The van der Waals surface area contributed by atoms with Crippen LogP contribution in [0.1, 0.15) is 52.4 Å². The van der Waals surface area contributed by atoms with E-state index in [1.807, 2.05) is 6.92 Å². The molecule has 0 spiro atoms. The van der Waals surface area contributed by atoms with Crippen molar-refractivity contribution in [1.82, 2.24) is 5.32 Å². The number of amides is 1. The topological polar surface area (TPSA) is 58.6 Å². The monoisotopic (exact) mass is 231 g/mol. The lowest BCUT2D eigenvalue weighted by Gasteiger charge is -2.13. The van der Waals surface area contributed by atoms with Crippen molar-refractivity contribution >= 4 is 6.09 Å². The van der Waals surface area contributed by atoms with Gasteiger partial charge in [-0.1, -0.05) is 39.5 Å². The Morgan fingerprint density at radius 1 is 1.25 bits per heavy atom. The van der Waals surface area contributed by atoms with Crippen LogP contribution in [0.2, 0.25) is 0 Å². The maximum Gasteiger partial charge on any atom is 0.407 e. The number of hydrogen-bond donors (Lipinski definition) is 2. The van der Waals surface area contributed by atoms with Gasteiger partial charge in [0.05, 0.1) is 19.3 Å². The van der Waals surface area contributed by atoms with Crippen LogP contribution in [0.5, 0.6) is 0 Å². The van der Waals surface area contributed by atoms with Crippen LogP contribution in [0.25, 0.3) is 0 Å². The minimum absolute atomic E-state index is 0.0396. The highest BCUT2D eigenvalue weighted by Crippen LogP contribution is 2.02. The van der Waals surface area contributed by atoms with E-state index in [2.05, 4.69) is 12.2 Å². The third-order valence-corrected chi connectivity index (χ3v) is 2.52. The molecule has 0 fully saturated rings. The van der Waals surface area contributed by atoms with Crippen molar-refractivity contribution in [2.45, 2.75) is 58.4 Å². The number of unbranched alkanes of at least 4 members (excludes halogenated alkanes) is 4. The molecule has 0 aliphatic heterocycles. The minimum Gasteiger partial charge on any atom is -0.450 e. The Morgan fingerprint density at radius 2 is 1.94 bits per heavy atom. The second-order valence-electron chi connectivity index (χ2n) is 3.98. The van der Waals surface area contributed by atoms with Crippen LogP contribution >= 0.6 is 0 Å². The summed E-state index contributed by atoms with van der Waals surface area (Å²) in [4.78, 5) is 11.2. The predicted octanol–water partition coefficient (Wildman–Crippen LogP) is 2.45. The third-order valence-electron chi connectivity index (χ3n) is 2.52. The summed E-state index contributed by atoms with van der Waals surface area (Å²) >= 11 is 0. The van der Waals surface area contributed by atoms with Crippen molar-refractivity contribution in [2.24, 2.45) is 0 Å². The molecule has 2 N–H and O–H groups in total. The summed E-state index contributed by atoms with van der Waals surface area (Å²) in [6.45, 7) is 4.51. The molecule has 0 saturated heterocycles. The summed E-state index contributed by atoms with van der Waals surface area (Å²) in [5.74, 6) is 0. The number of carbonyl (C=O) groups is 1. The van der Waals surface area contributed by atoms with E-state index in [9.17, 15) is 4.79 Å². The molecule has 4 heteroatoms. The number of aliphatic hydroxyl groups excluding tert-OH is 1. The van der Waals surface area contributed by atoms with Gasteiger partial charge >= 0.3 is 6.09 Å². The highest BCUT2D eigenvalue weighted by atomic mass is 16.5. The highest BCUT2D eigenvalue weighted by Gasteiger charge is 2.09. The molecule has 0 aliphatic carbocycles. The molecule has 0 aromatic carbocycles. The molecule has 1 amide bonds. The molecular weight excluding hydrogens is 206 g/mol. The van der Waals surface area contributed by atoms with E-state index in [0.717, 1.165) is 12.8 Å². The standard InChI is InChI=1S/C12H25NO3/c1-3-5-6-7-8-9-16-12(15)13-11(4-2)10-14/h11,14H,3-10H2,1-2H3,(H,13,15). The molecular formula is C12H25NO3. The van der Waals surface area contributed by atoms with Crippen LogP contribution in [-0.2, 0) is 4.74 Å². The summed E-state index contributed by atoms with van der Waals surface area (Å²) in [6.07, 6.45) is 5.99. The molecule has 1 unspecified atom stereocenters. The van der Waals surface area contributed by atoms with Crippen LogP contribution in [0.3, 0.4) is 0 Å². The van der Waals surface area contributed by atoms with E-state index < -0.39 is 6.09 Å². The molecule has 16 heavy (non-hydrogen) atoms. The van der Waals surface area contributed by atoms with Crippen molar-refractivity contribution in [3.8, 4) is 0 Å². The summed E-state index contributed by atoms with van der Waals surface area (Å²) in [7, 11) is 0. The van der Waals surface area contributed by atoms with Gasteiger partial charge in [0.1, 0.15) is 0 Å². The number of aliphatic hydroxyl groups is 1. The lowest BCUT2D eigenvalue weighted by atomic mass is 10.2. The Kier molecular flexibility index (Phi) is 10.2. The molecule has 0 aliphatic rings. The summed E-state index contributed by atoms with van der Waals surface area (Å²) in [6, 6.07) is -0.187. The van der Waals surface area contributed by atoms with Crippen molar-refractivity contribution in [1.29, 1.82) is 0 Å². The largest absolute Gasteiger partial charge is 0.450 e. The zero-order valence-corrected chi connectivity index (χ0v) is 10.5. The molecule has 0 bridgehead atoms. The van der Waals surface area contributed by atoms with Gasteiger partial charge in [-0.3, -0.25) is 0 Å². The molecule has 0 radical (unpaired) electrons. The fourth-order valence-electron chi connectivity index (χ4n) is 1.36. The third kappa shape index (κ3) is 8.53. The van der Waals surface area contributed by atoms with Crippen molar-refractivity contribution in [2.75, 3.05) is 13.2 Å². The first kappa shape index (κ1) is 15.2. The Balaban J connectivity index is 3.36. The van der Waals surface area contributed by atoms with Gasteiger partial charge in [-0.15, -0.1) is 0 Å². The Labute approximate surface area is 98.4 Å². The van der Waals surface area contributed by atoms with Crippen LogP contribution in [-0.4, -0.2) is 30.5 Å². The smallest absolute Gasteiger partial charge is 0.407 e. The number of carbonyl (C=O) groups excluding carboxylic acids is 1. The van der Waals surface area contributed by atoms with Crippen LogP contribution in [0.15, 0.2) is 0 Å². The summed E-state index contributed by atoms with van der Waals surface area (Å²) < 4.78 is 5.00. The van der Waals surface area contributed by atoms with Crippen molar-refractivity contribution in [3.63, 3.8) is 0 Å². The first-order chi connectivity index (χ1) is 7.74. The number of nitrogens with one attached hydrogen (secondary N) is 1. The maximum atomic E-state index is 11.2. The quantitative estimate of drug-likeness (QED) is 0.599. The van der Waals surface area contributed by atoms with E-state index >= 15 is 0 Å². The van der Waals surface area contributed by atoms with Gasteiger partial charge < -0.3 is 15.2 Å². The average Bonchev–Trinajstić information content (AvgIpc) is 2.30. The van der Waals surface area contributed by atoms with Crippen LogP contribution < -0.4 is 5.32 Å². The number of ether oxygens (including phenoxy) is 1. The van der Waals surface area contributed by atoms with Gasteiger partial charge in [-0.2, -0.15) is 0 Å². The van der Waals surface area contributed by atoms with Gasteiger partial charge in [0.2, 0.25) is 0 Å². The highest BCUT2D eigenvalue weighted by molar-refractivity contribution is 5.67. The number of hydrogen-bond acceptors (Lipinski definition) is 3. The molecule has 0 aromatic rings. The Hall–Kier alpha value is -0.770. The van der Waals surface area contributed by atoms with Gasteiger partial charge in [0, 0.05) is 0 Å². The molecule has 0 aromatic heterocycles. The zero-order valence-electron chi connectivity index (χ0n) is 10.5. The summed E-state index contributed by atoms with van der Waals surface area (Å²) in [5.41, 5.74) is 0. The van der Waals surface area contributed by atoms with E-state index in [1.54, 1.807) is 0 Å². The molecule has 0 heterocycles. The van der Waals surface area contributed by atoms with Gasteiger partial charge in [0.25, 0.3) is 0 Å². The second-order valence-corrected chi connectivity index (χ2v) is 3.98. The fraction of sp³-hybridized carbons (Fsp3) is 0.917. The normalized spacial score (nSPS) is 12.2. The van der Waals surface area contributed by atoms with E-state index in [-0.39, 0.29) is 12.6 Å². The summed E-state index contributed by atoms with van der Waals surface area (Å²) in [5, 5.41) is 11.5. The molecule has 4 nitrogen and oxygen atoms in total. The number of rotatable bonds is 9. The average molecular weight is 231 g/mol. The Morgan fingerprint density at radius 3 is 2.50 bits per heavy atom. The number of alkyl carbamates (subject to hydrolysis) is 1. The van der Waals surface area contributed by atoms with Gasteiger partial charge in [-0.25, -0.2) is 4.79 Å². The van der Waals surface area contributed by atoms with E-state index in [0.29, 0.717) is 13.0 Å². The Bertz CT molecular complexity index is 170. The molecule has 0 rings (SSSR count). The first-order valence-corrected chi connectivity index (χ1v) is 6.28. The maximum absolute atomic E-state index is 11.2. The zero-order chi connectivity index (χ0) is 12.2. The van der Waals surface area contributed by atoms with E-state index in [4.69, 9.17) is 9.84 Å². The molecule has 1 atom stereocenters. The SMILES string of the molecule is CCCCCCCOC(=O)NC(CC)CO. The minimum atomic E-state index is -0.420. The van der Waals surface area contributed by atoms with Crippen LogP contribution in [0, 0.1) is 0 Å². The lowest BCUT2D eigenvalue weighted by molar-refractivity contribution is 0.132. The van der Waals surface area contributed by atoms with Gasteiger partial charge in [-0.05, 0) is 12.8 Å². The van der Waals surface area contributed by atoms with Crippen molar-refractivity contribution < 1.29 is 14.6 Å². The van der Waals surface area contributed by atoms with Crippen LogP contribution in [0.4, 0.5) is 4.79 Å². The predicted molar refractivity (Wildman–Crippen MR) is 64.4 cm³/mol. The first-order valence-electron chi connectivity index (χ1n) is 6.28. The van der Waals surface area contributed by atoms with Gasteiger partial charge in [0.15, 0.2) is 0 Å². The van der Waals surface area contributed by atoms with E-state index in [1.165, 1.54) is 19.3 Å². The second kappa shape index (κ2) is 10.7. The molecule has 0 saturated carbocycles. The lowest BCUT2D eigenvalue weighted by Crippen LogP contribution is -2.37. The molecule has 96 valence electrons. The van der Waals surface area contributed by atoms with Crippen molar-refractivity contribution in [3.05, 3.63) is 0 Å². The fourth-order valence-corrected chi connectivity index (χ4v) is 1.36.